The molecule has 5 aromatic rings. The van der Waals surface area contributed by atoms with Gasteiger partial charge in [-0.2, -0.15) is 0 Å². The van der Waals surface area contributed by atoms with E-state index in [1.54, 1.807) is 6.92 Å². The third-order valence-corrected chi connectivity index (χ3v) is 14.4. The van der Waals surface area contributed by atoms with Crippen molar-refractivity contribution >= 4 is 53.9 Å². The van der Waals surface area contributed by atoms with Crippen molar-refractivity contribution in [1.29, 1.82) is 0 Å². The van der Waals surface area contributed by atoms with Crippen molar-refractivity contribution in [2.45, 2.75) is 83.0 Å². The van der Waals surface area contributed by atoms with Gasteiger partial charge in [-0.05, 0) is 77.9 Å². The van der Waals surface area contributed by atoms with Gasteiger partial charge in [0.2, 0.25) is 11.8 Å². The summed E-state index contributed by atoms with van der Waals surface area (Å²) in [6.07, 6.45) is 2.25. The Balaban J connectivity index is 1.09. The third kappa shape index (κ3) is 8.55. The van der Waals surface area contributed by atoms with E-state index in [1.165, 1.54) is 21.3 Å². The highest BCUT2D eigenvalue weighted by Crippen LogP contribution is 2.39. The van der Waals surface area contributed by atoms with Crippen LogP contribution in [0.1, 0.15) is 57.3 Å². The van der Waals surface area contributed by atoms with E-state index in [2.05, 4.69) is 82.2 Å². The minimum absolute atomic E-state index is 0.112. The van der Waals surface area contributed by atoms with Crippen LogP contribution in [0.5, 0.6) is 0 Å². The second-order valence-corrected chi connectivity index (χ2v) is 21.8. The van der Waals surface area contributed by atoms with Crippen LogP contribution >= 0.6 is 0 Å². The second-order valence-electron chi connectivity index (χ2n) is 16.8. The van der Waals surface area contributed by atoms with Crippen molar-refractivity contribution in [1.82, 2.24) is 40.4 Å². The molecule has 3 aromatic carbocycles. The molecule has 0 spiro atoms. The lowest BCUT2D eigenvalue weighted by Gasteiger charge is -2.31. The van der Waals surface area contributed by atoms with E-state index in [0.717, 1.165) is 74.7 Å². The monoisotopic (exact) mass is 822 g/mol. The second kappa shape index (κ2) is 16.9. The Hall–Kier alpha value is -5.74. The summed E-state index contributed by atoms with van der Waals surface area (Å²) in [5.41, 5.74) is 5.50. The quantitative estimate of drug-likeness (QED) is 0.105. The molecule has 59 heavy (non-hydrogen) atoms. The van der Waals surface area contributed by atoms with E-state index in [-0.39, 0.29) is 29.8 Å². The molecule has 0 saturated carbocycles. The maximum Gasteiger partial charge on any atom is 0.407 e. The van der Waals surface area contributed by atoms with E-state index in [1.807, 2.05) is 35.9 Å². The van der Waals surface area contributed by atoms with E-state index >= 15 is 0 Å². The number of rotatable bonds is 11. The van der Waals surface area contributed by atoms with Gasteiger partial charge in [0.25, 0.3) is 0 Å². The molecule has 7 rings (SSSR count). The largest absolute Gasteiger partial charge is 0.453 e. The summed E-state index contributed by atoms with van der Waals surface area (Å²) in [6, 6.07) is 17.6. The van der Waals surface area contributed by atoms with Crippen molar-refractivity contribution in [3.63, 3.8) is 0 Å². The van der Waals surface area contributed by atoms with Gasteiger partial charge in [-0.15, -0.1) is 0 Å². The van der Waals surface area contributed by atoms with E-state index in [9.17, 15) is 19.2 Å². The van der Waals surface area contributed by atoms with Crippen molar-refractivity contribution in [2.75, 3.05) is 34.0 Å². The topological polar surface area (TPSA) is 184 Å². The number of nitrogens with one attached hydrogen (secondary N) is 4. The maximum absolute atomic E-state index is 14.0. The number of likely N-dealkylation sites (tertiary alicyclic amines) is 1. The van der Waals surface area contributed by atoms with Crippen molar-refractivity contribution in [2.24, 2.45) is 5.92 Å². The fourth-order valence-electron chi connectivity index (χ4n) is 8.43. The molecule has 4 heterocycles. The lowest BCUT2D eigenvalue weighted by Crippen LogP contribution is -2.54. The standard InChI is InChI=1S/C43H54N8O7Si/c1-24(2)36(48-42(54)57-5)40(52)50-17-9-10-34(50)38-44-21-33(47-38)30-14-13-26-18-27(11-12-28(26)19-30)29-15-16-31-32(20-29)46-39(45-31)35-22-59(7,8)23-51(35)41(53)37(25(3)56-4)49-43(55)58-6/h11-16,18-21,24-25,34-37H,9-10,17,22-23H2,1-8H3,(H,44,47)(H,45,46)(H,48,54)(H,49,55)/t25?,34-,35-,36-,37-/m0/s1. The fourth-order valence-corrected chi connectivity index (χ4v) is 11.3. The van der Waals surface area contributed by atoms with Gasteiger partial charge in [-0.25, -0.2) is 19.6 Å². The SMILES string of the molecule is COC(=O)N[C@H](C(=O)N1CCC[C@H]1c1nc(-c2ccc3cc(-c4ccc5nc([C@@H]6C[Si](C)(C)CN6C(=O)[C@@H](NC(=O)OC)C(C)OC)[nH]c5c4)ccc3c2)c[nH]1)C(C)C. The Labute approximate surface area is 344 Å². The summed E-state index contributed by atoms with van der Waals surface area (Å²) in [7, 11) is 2.26. The lowest BCUT2D eigenvalue weighted by atomic mass is 9.99. The summed E-state index contributed by atoms with van der Waals surface area (Å²) >= 11 is 0. The first-order chi connectivity index (χ1) is 28.2. The molecule has 2 aromatic heterocycles. The third-order valence-electron chi connectivity index (χ3n) is 11.7. The van der Waals surface area contributed by atoms with Gasteiger partial charge in [0, 0.05) is 31.6 Å². The number of nitrogens with zero attached hydrogens (tertiary/aromatic N) is 4. The molecular weight excluding hydrogens is 769 g/mol. The maximum atomic E-state index is 14.0. The zero-order chi connectivity index (χ0) is 42.2. The predicted octanol–water partition coefficient (Wildman–Crippen LogP) is 6.71. The number of carbonyl (C=O) groups is 4. The molecule has 2 aliphatic heterocycles. The van der Waals surface area contributed by atoms with Gasteiger partial charge in [0.05, 0.1) is 57.2 Å². The number of aromatic amines is 2. The first-order valence-electron chi connectivity index (χ1n) is 20.1. The van der Waals surface area contributed by atoms with Crippen LogP contribution in [-0.2, 0) is 23.8 Å². The Kier molecular flexibility index (Phi) is 11.8. The van der Waals surface area contributed by atoms with Gasteiger partial charge >= 0.3 is 12.2 Å². The summed E-state index contributed by atoms with van der Waals surface area (Å²) in [5.74, 6) is 0.965. The van der Waals surface area contributed by atoms with Gasteiger partial charge in [0.1, 0.15) is 23.7 Å². The number of hydrogen-bond acceptors (Lipinski definition) is 9. The molecule has 312 valence electrons. The minimum Gasteiger partial charge on any atom is -0.453 e. The van der Waals surface area contributed by atoms with Gasteiger partial charge in [-0.1, -0.05) is 57.3 Å². The van der Waals surface area contributed by atoms with Gasteiger partial charge in [-0.3, -0.25) is 9.59 Å². The van der Waals surface area contributed by atoms with Crippen LogP contribution < -0.4 is 10.6 Å². The van der Waals surface area contributed by atoms with Gasteiger partial charge in [0.15, 0.2) is 0 Å². The number of carbonyl (C=O) groups excluding carboxylic acids is 4. The predicted molar refractivity (Wildman–Crippen MR) is 227 cm³/mol. The molecular formula is C43H54N8O7Si. The van der Waals surface area contributed by atoms with Crippen molar-refractivity contribution in [3.8, 4) is 22.4 Å². The Morgan fingerprint density at radius 3 is 2.08 bits per heavy atom. The zero-order valence-electron chi connectivity index (χ0n) is 34.9. The molecule has 0 aliphatic carbocycles. The molecule has 15 nitrogen and oxygen atoms in total. The molecule has 0 radical (unpaired) electrons. The van der Waals surface area contributed by atoms with Crippen LogP contribution in [-0.4, -0.2) is 114 Å². The van der Waals surface area contributed by atoms with Crippen LogP contribution in [0.15, 0.2) is 60.8 Å². The summed E-state index contributed by atoms with van der Waals surface area (Å²) in [4.78, 5) is 72.3. The van der Waals surface area contributed by atoms with Crippen LogP contribution in [0.25, 0.3) is 44.2 Å². The Morgan fingerprint density at radius 1 is 0.780 bits per heavy atom. The van der Waals surface area contributed by atoms with E-state index in [4.69, 9.17) is 24.2 Å². The molecule has 4 N–H and O–H groups in total. The molecule has 4 amide bonds. The molecule has 16 heteroatoms. The minimum atomic E-state index is -1.82. The number of alkyl carbamates (subject to hydrolysis) is 2. The number of methoxy groups -OCH3 is 3. The molecule has 1 unspecified atom stereocenters. The number of imidazole rings is 2. The summed E-state index contributed by atoms with van der Waals surface area (Å²) in [5, 5.41) is 7.52. The highest BCUT2D eigenvalue weighted by atomic mass is 28.3. The average Bonchev–Trinajstić information content (AvgIpc) is 4.05. The van der Waals surface area contributed by atoms with Crippen molar-refractivity contribution in [3.05, 3.63) is 72.4 Å². The number of H-pyrrole nitrogens is 2. The molecule has 2 saturated heterocycles. The highest BCUT2D eigenvalue weighted by molar-refractivity contribution is 6.78. The number of amides is 4. The summed E-state index contributed by atoms with van der Waals surface area (Å²) in [6.45, 7) is 10.7. The van der Waals surface area contributed by atoms with Crippen LogP contribution in [0, 0.1) is 5.92 Å². The average molecular weight is 823 g/mol. The molecule has 2 fully saturated rings. The van der Waals surface area contributed by atoms with Gasteiger partial charge < -0.3 is 44.6 Å². The molecule has 0 bridgehead atoms. The Morgan fingerprint density at radius 2 is 1.41 bits per heavy atom. The van der Waals surface area contributed by atoms with Crippen molar-refractivity contribution < 1.29 is 33.4 Å². The van der Waals surface area contributed by atoms with E-state index < -0.39 is 38.4 Å². The normalized spacial score (nSPS) is 19.2. The van der Waals surface area contributed by atoms with E-state index in [0.29, 0.717) is 12.7 Å². The molecule has 2 aliphatic rings. The number of ether oxygens (including phenoxy) is 3. The summed E-state index contributed by atoms with van der Waals surface area (Å²) < 4.78 is 15.1. The fraction of sp³-hybridized carbons (Fsp3) is 0.442. The molecule has 5 atom stereocenters. The smallest absolute Gasteiger partial charge is 0.407 e. The van der Waals surface area contributed by atoms with Crippen LogP contribution in [0.3, 0.4) is 0 Å². The van der Waals surface area contributed by atoms with Crippen LogP contribution in [0.2, 0.25) is 19.1 Å². The lowest BCUT2D eigenvalue weighted by molar-refractivity contribution is -0.137. The number of aromatic nitrogens is 4. The number of benzene rings is 3. The number of hydrogen-bond donors (Lipinski definition) is 4. The number of fused-ring (bicyclic) bond motifs is 2. The Bertz CT molecular complexity index is 2380. The first kappa shape index (κ1) is 41.4. The van der Waals surface area contributed by atoms with Crippen LogP contribution in [0.4, 0.5) is 9.59 Å². The highest BCUT2D eigenvalue weighted by Gasteiger charge is 2.46. The zero-order valence-corrected chi connectivity index (χ0v) is 35.9. The first-order valence-corrected chi connectivity index (χ1v) is 23.5.